The van der Waals surface area contributed by atoms with E-state index in [0.29, 0.717) is 5.75 Å². The van der Waals surface area contributed by atoms with E-state index in [4.69, 9.17) is 4.74 Å². The monoisotopic (exact) mass is 412 g/mol. The van der Waals surface area contributed by atoms with Crippen molar-refractivity contribution < 1.29 is 9.53 Å². The number of anilines is 2. The number of carbonyl (C=O) groups is 1. The van der Waals surface area contributed by atoms with Crippen molar-refractivity contribution in [2.24, 2.45) is 0 Å². The van der Waals surface area contributed by atoms with Gasteiger partial charge >= 0.3 is 0 Å². The number of carbonyl (C=O) groups excluding carboxylic acids is 1. The van der Waals surface area contributed by atoms with Crippen LogP contribution in [0.15, 0.2) is 51.4 Å². The molecule has 0 aliphatic carbocycles. The molecule has 2 aromatic carbocycles. The second-order valence-corrected chi connectivity index (χ2v) is 6.03. The number of hydrogen-bond acceptors (Lipinski definition) is 3. The van der Waals surface area contributed by atoms with E-state index in [-0.39, 0.29) is 12.5 Å². The molecule has 0 saturated carbocycles. The maximum absolute atomic E-state index is 11.9. The van der Waals surface area contributed by atoms with Crippen LogP contribution >= 0.6 is 31.9 Å². The van der Waals surface area contributed by atoms with Gasteiger partial charge in [-0.1, -0.05) is 15.9 Å². The van der Waals surface area contributed by atoms with Gasteiger partial charge in [0.1, 0.15) is 5.75 Å². The number of benzene rings is 2. The lowest BCUT2D eigenvalue weighted by atomic mass is 10.3. The molecule has 110 valence electrons. The van der Waals surface area contributed by atoms with Crippen molar-refractivity contribution in [3.05, 3.63) is 51.4 Å². The number of halogens is 2. The van der Waals surface area contributed by atoms with E-state index in [1.54, 1.807) is 7.11 Å². The highest BCUT2D eigenvalue weighted by atomic mass is 79.9. The van der Waals surface area contributed by atoms with E-state index in [2.05, 4.69) is 42.5 Å². The summed E-state index contributed by atoms with van der Waals surface area (Å²) < 4.78 is 7.05. The first-order valence-corrected chi connectivity index (χ1v) is 7.80. The average Bonchev–Trinajstić information content (AvgIpc) is 2.49. The molecule has 0 bridgehead atoms. The zero-order valence-electron chi connectivity index (χ0n) is 11.3. The lowest BCUT2D eigenvalue weighted by Gasteiger charge is -2.10. The summed E-state index contributed by atoms with van der Waals surface area (Å²) in [6.07, 6.45) is 0. The summed E-state index contributed by atoms with van der Waals surface area (Å²) in [6.45, 7) is 0.181. The summed E-state index contributed by atoms with van der Waals surface area (Å²) in [5, 5.41) is 5.87. The normalized spacial score (nSPS) is 10.0. The summed E-state index contributed by atoms with van der Waals surface area (Å²) in [5.74, 6) is 0.604. The van der Waals surface area contributed by atoms with E-state index in [1.165, 1.54) is 0 Å². The Morgan fingerprint density at radius 2 is 1.76 bits per heavy atom. The first kappa shape index (κ1) is 15.9. The Hall–Kier alpha value is -1.53. The largest absolute Gasteiger partial charge is 0.495 e. The van der Waals surface area contributed by atoms with Crippen LogP contribution in [-0.4, -0.2) is 19.6 Å². The number of amides is 1. The number of nitrogens with one attached hydrogen (secondary N) is 2. The molecule has 6 heteroatoms. The number of hydrogen-bond donors (Lipinski definition) is 2. The summed E-state index contributed by atoms with van der Waals surface area (Å²) in [4.78, 5) is 11.9. The van der Waals surface area contributed by atoms with Crippen LogP contribution in [0.5, 0.6) is 5.75 Å². The molecule has 0 aliphatic rings. The van der Waals surface area contributed by atoms with Crippen LogP contribution in [-0.2, 0) is 4.79 Å². The molecule has 0 aromatic heterocycles. The molecule has 0 heterocycles. The Morgan fingerprint density at radius 3 is 2.43 bits per heavy atom. The van der Waals surface area contributed by atoms with Gasteiger partial charge < -0.3 is 15.4 Å². The lowest BCUT2D eigenvalue weighted by molar-refractivity contribution is -0.114. The zero-order chi connectivity index (χ0) is 15.2. The van der Waals surface area contributed by atoms with Crippen LogP contribution in [0.4, 0.5) is 11.4 Å². The minimum Gasteiger partial charge on any atom is -0.495 e. The van der Waals surface area contributed by atoms with Gasteiger partial charge in [0, 0.05) is 21.9 Å². The van der Waals surface area contributed by atoms with Crippen LogP contribution < -0.4 is 15.4 Å². The third-order valence-corrected chi connectivity index (χ3v) is 3.92. The second-order valence-electron chi connectivity index (χ2n) is 4.26. The molecule has 4 nitrogen and oxygen atoms in total. The summed E-state index contributed by atoms with van der Waals surface area (Å²) in [5.41, 5.74) is 1.58. The highest BCUT2D eigenvalue weighted by Gasteiger charge is 2.05. The van der Waals surface area contributed by atoms with Crippen LogP contribution in [0.3, 0.4) is 0 Å². The van der Waals surface area contributed by atoms with Gasteiger partial charge in [-0.05, 0) is 52.3 Å². The summed E-state index contributed by atoms with van der Waals surface area (Å²) in [6, 6.07) is 13.0. The molecule has 0 fully saturated rings. The zero-order valence-corrected chi connectivity index (χ0v) is 14.5. The maximum Gasteiger partial charge on any atom is 0.243 e. The van der Waals surface area contributed by atoms with Gasteiger partial charge in [0.25, 0.3) is 0 Å². The first-order valence-electron chi connectivity index (χ1n) is 6.21. The third kappa shape index (κ3) is 4.75. The molecule has 21 heavy (non-hydrogen) atoms. The molecule has 0 aliphatic heterocycles. The molecular weight excluding hydrogens is 400 g/mol. The predicted molar refractivity (Wildman–Crippen MR) is 92.0 cm³/mol. The summed E-state index contributed by atoms with van der Waals surface area (Å²) in [7, 11) is 1.60. The SMILES string of the molecule is COc1cc(NCC(=O)Nc2ccc(Br)cc2)ccc1Br. The van der Waals surface area contributed by atoms with Crippen molar-refractivity contribution in [3.8, 4) is 5.75 Å². The van der Waals surface area contributed by atoms with Gasteiger partial charge in [0.15, 0.2) is 0 Å². The van der Waals surface area contributed by atoms with Gasteiger partial charge in [-0.15, -0.1) is 0 Å². The standard InChI is InChI=1S/C15H14Br2N2O2/c1-21-14-8-12(6-7-13(14)17)18-9-15(20)19-11-4-2-10(16)3-5-11/h2-8,18H,9H2,1H3,(H,19,20). The quantitative estimate of drug-likeness (QED) is 0.769. The average molecular weight is 414 g/mol. The van der Waals surface area contributed by atoms with E-state index >= 15 is 0 Å². The maximum atomic E-state index is 11.9. The molecule has 0 spiro atoms. The molecule has 1 amide bonds. The van der Waals surface area contributed by atoms with Gasteiger partial charge in [-0.3, -0.25) is 4.79 Å². The van der Waals surface area contributed by atoms with Crippen molar-refractivity contribution in [1.29, 1.82) is 0 Å². The van der Waals surface area contributed by atoms with Gasteiger partial charge in [-0.25, -0.2) is 0 Å². The molecule has 0 atom stereocenters. The Labute approximate surface area is 140 Å². The molecule has 2 aromatic rings. The van der Waals surface area contributed by atoms with Gasteiger partial charge in [-0.2, -0.15) is 0 Å². The lowest BCUT2D eigenvalue weighted by Crippen LogP contribution is -2.21. The van der Waals surface area contributed by atoms with Crippen LogP contribution in [0.2, 0.25) is 0 Å². The molecule has 0 saturated heterocycles. The topological polar surface area (TPSA) is 50.4 Å². The highest BCUT2D eigenvalue weighted by Crippen LogP contribution is 2.27. The Morgan fingerprint density at radius 1 is 1.10 bits per heavy atom. The van der Waals surface area contributed by atoms with Crippen molar-refractivity contribution in [3.63, 3.8) is 0 Å². The molecule has 2 rings (SSSR count). The molecule has 0 unspecified atom stereocenters. The van der Waals surface area contributed by atoms with Crippen molar-refractivity contribution in [2.75, 3.05) is 24.3 Å². The van der Waals surface area contributed by atoms with E-state index in [9.17, 15) is 4.79 Å². The van der Waals surface area contributed by atoms with Crippen molar-refractivity contribution >= 4 is 49.1 Å². The number of methoxy groups -OCH3 is 1. The highest BCUT2D eigenvalue weighted by molar-refractivity contribution is 9.10. The smallest absolute Gasteiger partial charge is 0.243 e. The first-order chi connectivity index (χ1) is 10.1. The minimum absolute atomic E-state index is 0.112. The fraction of sp³-hybridized carbons (Fsp3) is 0.133. The van der Waals surface area contributed by atoms with E-state index in [0.717, 1.165) is 20.3 Å². The molecule has 2 N–H and O–H groups in total. The van der Waals surface area contributed by atoms with Gasteiger partial charge in [0.2, 0.25) is 5.91 Å². The number of rotatable bonds is 5. The van der Waals surface area contributed by atoms with Crippen LogP contribution in [0.1, 0.15) is 0 Å². The minimum atomic E-state index is -0.112. The van der Waals surface area contributed by atoms with Crippen LogP contribution in [0.25, 0.3) is 0 Å². The number of ether oxygens (including phenoxy) is 1. The third-order valence-electron chi connectivity index (χ3n) is 2.73. The van der Waals surface area contributed by atoms with E-state index < -0.39 is 0 Å². The molecule has 0 radical (unpaired) electrons. The van der Waals surface area contributed by atoms with E-state index in [1.807, 2.05) is 42.5 Å². The van der Waals surface area contributed by atoms with Crippen molar-refractivity contribution in [1.82, 2.24) is 0 Å². The predicted octanol–water partition coefficient (Wildman–Crippen LogP) is 4.27. The van der Waals surface area contributed by atoms with Crippen molar-refractivity contribution in [2.45, 2.75) is 0 Å². The fourth-order valence-electron chi connectivity index (χ4n) is 1.69. The Bertz CT molecular complexity index is 630. The van der Waals surface area contributed by atoms with Gasteiger partial charge in [0.05, 0.1) is 18.1 Å². The second kappa shape index (κ2) is 7.47. The Kier molecular flexibility index (Phi) is 5.64. The van der Waals surface area contributed by atoms with Crippen LogP contribution in [0, 0.1) is 0 Å². The molecular formula is C15H14Br2N2O2. The fourth-order valence-corrected chi connectivity index (χ4v) is 2.36. The summed E-state index contributed by atoms with van der Waals surface area (Å²) >= 11 is 6.74. The Balaban J connectivity index is 1.90.